The number of likely N-dealkylation sites (tertiary alicyclic amines) is 1. The standard InChI is InChI=1S/C15H20N4.ClH/c1-12-4-2-3-5-15(12)19-14(6-8-17-19)11-18-9-7-13(16)10-18;/h2-6,8,13H,7,9-11,16H2,1H3;1H/t13-;/m1./s1. The van der Waals surface area contributed by atoms with Gasteiger partial charge >= 0.3 is 0 Å². The molecule has 0 radical (unpaired) electrons. The largest absolute Gasteiger partial charge is 0.326 e. The lowest BCUT2D eigenvalue weighted by atomic mass is 10.2. The summed E-state index contributed by atoms with van der Waals surface area (Å²) in [7, 11) is 0. The summed E-state index contributed by atoms with van der Waals surface area (Å²) in [4.78, 5) is 2.40. The van der Waals surface area contributed by atoms with Gasteiger partial charge in [0, 0.05) is 31.9 Å². The zero-order valence-corrected chi connectivity index (χ0v) is 12.5. The first kappa shape index (κ1) is 15.0. The second-order valence-corrected chi connectivity index (χ2v) is 5.30. The number of hydrogen-bond acceptors (Lipinski definition) is 3. The molecule has 20 heavy (non-hydrogen) atoms. The summed E-state index contributed by atoms with van der Waals surface area (Å²) in [6, 6.07) is 10.8. The minimum atomic E-state index is 0. The Hall–Kier alpha value is -1.36. The highest BCUT2D eigenvalue weighted by Gasteiger charge is 2.20. The fraction of sp³-hybridized carbons (Fsp3) is 0.400. The van der Waals surface area contributed by atoms with E-state index in [1.165, 1.54) is 11.3 Å². The van der Waals surface area contributed by atoms with Crippen LogP contribution in [0.15, 0.2) is 36.5 Å². The molecule has 0 bridgehead atoms. The van der Waals surface area contributed by atoms with Gasteiger partial charge in [0.2, 0.25) is 0 Å². The topological polar surface area (TPSA) is 47.1 Å². The van der Waals surface area contributed by atoms with Crippen molar-refractivity contribution in [3.8, 4) is 5.69 Å². The van der Waals surface area contributed by atoms with Crippen LogP contribution in [0.25, 0.3) is 5.69 Å². The van der Waals surface area contributed by atoms with Crippen LogP contribution in [0.3, 0.4) is 0 Å². The summed E-state index contributed by atoms with van der Waals surface area (Å²) in [5.41, 5.74) is 9.59. The second-order valence-electron chi connectivity index (χ2n) is 5.30. The van der Waals surface area contributed by atoms with Crippen LogP contribution in [0.4, 0.5) is 0 Å². The van der Waals surface area contributed by atoms with Crippen LogP contribution in [0.2, 0.25) is 0 Å². The molecule has 1 atom stereocenters. The molecule has 4 nitrogen and oxygen atoms in total. The molecule has 1 saturated heterocycles. The van der Waals surface area contributed by atoms with Gasteiger partial charge in [-0.3, -0.25) is 4.90 Å². The van der Waals surface area contributed by atoms with Crippen LogP contribution in [0, 0.1) is 6.92 Å². The van der Waals surface area contributed by atoms with Gasteiger partial charge in [-0.15, -0.1) is 12.4 Å². The van der Waals surface area contributed by atoms with Gasteiger partial charge in [-0.2, -0.15) is 5.10 Å². The molecule has 2 N–H and O–H groups in total. The highest BCUT2D eigenvalue weighted by atomic mass is 35.5. The molecule has 2 heterocycles. The van der Waals surface area contributed by atoms with E-state index in [4.69, 9.17) is 5.73 Å². The zero-order chi connectivity index (χ0) is 13.2. The fourth-order valence-corrected chi connectivity index (χ4v) is 2.70. The lowest BCUT2D eigenvalue weighted by Gasteiger charge is -2.17. The summed E-state index contributed by atoms with van der Waals surface area (Å²) < 4.78 is 2.04. The van der Waals surface area contributed by atoms with E-state index >= 15 is 0 Å². The molecule has 0 unspecified atom stereocenters. The minimum Gasteiger partial charge on any atom is -0.326 e. The predicted octanol–water partition coefficient (Wildman–Crippen LogP) is 2.14. The van der Waals surface area contributed by atoms with Crippen LogP contribution < -0.4 is 5.73 Å². The van der Waals surface area contributed by atoms with Crippen LogP contribution in [-0.4, -0.2) is 33.8 Å². The number of hydrogen-bond donors (Lipinski definition) is 1. The molecule has 0 amide bonds. The Kier molecular flexibility index (Phi) is 4.81. The van der Waals surface area contributed by atoms with E-state index < -0.39 is 0 Å². The molecule has 1 aromatic heterocycles. The highest BCUT2D eigenvalue weighted by molar-refractivity contribution is 5.85. The van der Waals surface area contributed by atoms with Gasteiger partial charge in [-0.1, -0.05) is 18.2 Å². The van der Waals surface area contributed by atoms with E-state index in [0.29, 0.717) is 6.04 Å². The van der Waals surface area contributed by atoms with E-state index in [1.54, 1.807) is 0 Å². The van der Waals surface area contributed by atoms with E-state index in [0.717, 1.165) is 31.7 Å². The van der Waals surface area contributed by atoms with E-state index in [9.17, 15) is 0 Å². The summed E-state index contributed by atoms with van der Waals surface area (Å²) in [6.45, 7) is 5.10. The number of nitrogens with two attached hydrogens (primary N) is 1. The van der Waals surface area contributed by atoms with Crippen molar-refractivity contribution in [3.05, 3.63) is 47.8 Å². The molecule has 1 aliphatic rings. The first-order chi connectivity index (χ1) is 9.24. The quantitative estimate of drug-likeness (QED) is 0.943. The molecular weight excluding hydrogens is 272 g/mol. The van der Waals surface area contributed by atoms with Gasteiger partial charge in [-0.05, 0) is 31.0 Å². The Labute approximate surface area is 126 Å². The average molecular weight is 293 g/mol. The van der Waals surface area contributed by atoms with Crippen molar-refractivity contribution in [1.29, 1.82) is 0 Å². The summed E-state index contributed by atoms with van der Waals surface area (Å²) in [6.07, 6.45) is 2.97. The van der Waals surface area contributed by atoms with Gasteiger partial charge in [0.25, 0.3) is 0 Å². The van der Waals surface area contributed by atoms with Crippen molar-refractivity contribution in [2.75, 3.05) is 13.1 Å². The third-order valence-electron chi connectivity index (χ3n) is 3.76. The molecule has 0 aliphatic carbocycles. The number of benzene rings is 1. The highest BCUT2D eigenvalue weighted by Crippen LogP contribution is 2.18. The van der Waals surface area contributed by atoms with Crippen molar-refractivity contribution >= 4 is 12.4 Å². The number of aryl methyl sites for hydroxylation is 1. The molecular formula is C15H21ClN4. The Morgan fingerprint density at radius 3 is 2.80 bits per heavy atom. The molecule has 0 saturated carbocycles. The Morgan fingerprint density at radius 2 is 2.10 bits per heavy atom. The molecule has 108 valence electrons. The van der Waals surface area contributed by atoms with Gasteiger partial charge in [0.1, 0.15) is 0 Å². The molecule has 1 fully saturated rings. The molecule has 5 heteroatoms. The number of halogens is 1. The maximum atomic E-state index is 5.96. The van der Waals surface area contributed by atoms with Crippen LogP contribution >= 0.6 is 12.4 Å². The summed E-state index contributed by atoms with van der Waals surface area (Å²) in [5, 5.41) is 4.47. The zero-order valence-electron chi connectivity index (χ0n) is 11.7. The fourth-order valence-electron chi connectivity index (χ4n) is 2.70. The first-order valence-corrected chi connectivity index (χ1v) is 6.81. The van der Waals surface area contributed by atoms with Crippen LogP contribution in [-0.2, 0) is 6.54 Å². The van der Waals surface area contributed by atoms with Crippen LogP contribution in [0.5, 0.6) is 0 Å². The summed E-state index contributed by atoms with van der Waals surface area (Å²) in [5.74, 6) is 0. The first-order valence-electron chi connectivity index (χ1n) is 6.81. The van der Waals surface area contributed by atoms with Gasteiger partial charge in [0.05, 0.1) is 11.4 Å². The molecule has 1 aromatic carbocycles. The normalized spacial score (nSPS) is 19.0. The number of rotatable bonds is 3. The van der Waals surface area contributed by atoms with Crippen LogP contribution in [0.1, 0.15) is 17.7 Å². The predicted molar refractivity (Wildman–Crippen MR) is 83.4 cm³/mol. The Balaban J connectivity index is 0.00000147. The number of aromatic nitrogens is 2. The number of para-hydroxylation sites is 1. The van der Waals surface area contributed by atoms with E-state index in [1.807, 2.05) is 10.9 Å². The maximum absolute atomic E-state index is 5.96. The molecule has 1 aliphatic heterocycles. The lowest BCUT2D eigenvalue weighted by Crippen LogP contribution is -2.27. The summed E-state index contributed by atoms with van der Waals surface area (Å²) >= 11 is 0. The third-order valence-corrected chi connectivity index (χ3v) is 3.76. The average Bonchev–Trinajstić information content (AvgIpc) is 3.00. The van der Waals surface area contributed by atoms with Crippen molar-refractivity contribution in [2.45, 2.75) is 25.9 Å². The molecule has 3 rings (SSSR count). The van der Waals surface area contributed by atoms with Crippen molar-refractivity contribution in [2.24, 2.45) is 5.73 Å². The maximum Gasteiger partial charge on any atom is 0.0678 e. The number of nitrogens with zero attached hydrogens (tertiary/aromatic N) is 3. The Bertz CT molecular complexity index is 567. The smallest absolute Gasteiger partial charge is 0.0678 e. The van der Waals surface area contributed by atoms with Gasteiger partial charge in [0.15, 0.2) is 0 Å². The van der Waals surface area contributed by atoms with Crippen molar-refractivity contribution in [1.82, 2.24) is 14.7 Å². The van der Waals surface area contributed by atoms with Gasteiger partial charge in [-0.25, -0.2) is 4.68 Å². The van der Waals surface area contributed by atoms with E-state index in [-0.39, 0.29) is 12.4 Å². The SMILES string of the molecule is Cc1ccccc1-n1nccc1CN1CC[C@@H](N)C1.Cl. The minimum absolute atomic E-state index is 0. The van der Waals surface area contributed by atoms with Crippen molar-refractivity contribution in [3.63, 3.8) is 0 Å². The molecule has 0 spiro atoms. The third kappa shape index (κ3) is 3.03. The lowest BCUT2D eigenvalue weighted by molar-refractivity contribution is 0.319. The van der Waals surface area contributed by atoms with Gasteiger partial charge < -0.3 is 5.73 Å². The molecule has 2 aromatic rings. The monoisotopic (exact) mass is 292 g/mol. The second kappa shape index (κ2) is 6.39. The van der Waals surface area contributed by atoms with Crippen molar-refractivity contribution < 1.29 is 0 Å². The van der Waals surface area contributed by atoms with E-state index in [2.05, 4.69) is 47.3 Å². The Morgan fingerprint density at radius 1 is 1.30 bits per heavy atom.